The molecule has 0 aliphatic rings. The van der Waals surface area contributed by atoms with E-state index in [1.54, 1.807) is 14.2 Å². The summed E-state index contributed by atoms with van der Waals surface area (Å²) < 4.78 is 12.6. The van der Waals surface area contributed by atoms with Gasteiger partial charge in [0.05, 0.1) is 20.4 Å². The van der Waals surface area contributed by atoms with Gasteiger partial charge in [0.2, 0.25) is 0 Å². The quantitative estimate of drug-likeness (QED) is 0.850. The lowest BCUT2D eigenvalue weighted by Gasteiger charge is -2.20. The summed E-state index contributed by atoms with van der Waals surface area (Å²) in [7, 11) is 7.27. The second kappa shape index (κ2) is 7.13. The molecule has 2 aromatic rings. The van der Waals surface area contributed by atoms with Gasteiger partial charge in [-0.2, -0.15) is 5.10 Å². The molecule has 0 radical (unpaired) electrons. The Labute approximate surface area is 125 Å². The summed E-state index contributed by atoms with van der Waals surface area (Å²) in [6, 6.07) is 6.09. The van der Waals surface area contributed by atoms with Gasteiger partial charge in [-0.05, 0) is 43.7 Å². The summed E-state index contributed by atoms with van der Waals surface area (Å²) in [5, 5.41) is 7.56. The minimum absolute atomic E-state index is 0.204. The Morgan fingerprint density at radius 3 is 2.67 bits per heavy atom. The van der Waals surface area contributed by atoms with Crippen LogP contribution in [0.25, 0.3) is 0 Å². The van der Waals surface area contributed by atoms with Gasteiger partial charge in [-0.25, -0.2) is 0 Å². The van der Waals surface area contributed by atoms with Crippen LogP contribution in [0.4, 0.5) is 0 Å². The molecule has 5 heteroatoms. The average Bonchev–Trinajstić information content (AvgIpc) is 2.93. The first-order valence-corrected chi connectivity index (χ1v) is 7.04. The first-order valence-electron chi connectivity index (χ1n) is 7.04. The Kier molecular flexibility index (Phi) is 5.22. The number of hydrogen-bond donors (Lipinski definition) is 1. The average molecular weight is 289 g/mol. The molecule has 0 fully saturated rings. The third-order valence-electron chi connectivity index (χ3n) is 3.64. The smallest absolute Gasteiger partial charge is 0.123 e. The van der Waals surface area contributed by atoms with Crippen molar-refractivity contribution in [3.63, 3.8) is 0 Å². The molecule has 1 N–H and O–H groups in total. The van der Waals surface area contributed by atoms with Crippen molar-refractivity contribution in [3.05, 3.63) is 41.7 Å². The lowest BCUT2D eigenvalue weighted by atomic mass is 9.99. The minimum atomic E-state index is 0.204. The molecule has 1 unspecified atom stereocenters. The zero-order valence-corrected chi connectivity index (χ0v) is 13.1. The van der Waals surface area contributed by atoms with Crippen molar-refractivity contribution in [2.45, 2.75) is 18.9 Å². The van der Waals surface area contributed by atoms with E-state index >= 15 is 0 Å². The van der Waals surface area contributed by atoms with Crippen molar-refractivity contribution in [2.24, 2.45) is 7.05 Å². The molecule has 1 aromatic carbocycles. The minimum Gasteiger partial charge on any atom is -0.497 e. The zero-order valence-electron chi connectivity index (χ0n) is 13.1. The SMILES string of the molecule is CNC(CCc1cnn(C)c1)c1cc(OC)ccc1OC. The van der Waals surface area contributed by atoms with Crippen molar-refractivity contribution in [2.75, 3.05) is 21.3 Å². The van der Waals surface area contributed by atoms with E-state index in [1.165, 1.54) is 5.56 Å². The highest BCUT2D eigenvalue weighted by Gasteiger charge is 2.16. The number of ether oxygens (including phenoxy) is 2. The number of aryl methyl sites for hydroxylation is 2. The van der Waals surface area contributed by atoms with Crippen LogP contribution in [0.1, 0.15) is 23.6 Å². The first-order chi connectivity index (χ1) is 10.2. The molecule has 0 bridgehead atoms. The molecule has 2 rings (SSSR count). The number of aromatic nitrogens is 2. The molecule has 0 spiro atoms. The zero-order chi connectivity index (χ0) is 15.2. The molecule has 0 saturated heterocycles. The second-order valence-corrected chi connectivity index (χ2v) is 5.01. The highest BCUT2D eigenvalue weighted by Crippen LogP contribution is 2.31. The highest BCUT2D eigenvalue weighted by atomic mass is 16.5. The number of methoxy groups -OCH3 is 2. The number of nitrogens with one attached hydrogen (secondary N) is 1. The van der Waals surface area contributed by atoms with Crippen LogP contribution in [0, 0.1) is 0 Å². The van der Waals surface area contributed by atoms with Gasteiger partial charge in [-0.1, -0.05) is 0 Å². The predicted octanol–water partition coefficient (Wildman–Crippen LogP) is 2.33. The van der Waals surface area contributed by atoms with Crippen LogP contribution in [-0.2, 0) is 13.5 Å². The van der Waals surface area contributed by atoms with E-state index in [1.807, 2.05) is 43.2 Å². The third kappa shape index (κ3) is 3.76. The number of benzene rings is 1. The molecule has 114 valence electrons. The summed E-state index contributed by atoms with van der Waals surface area (Å²) in [5.74, 6) is 1.72. The van der Waals surface area contributed by atoms with Gasteiger partial charge in [0.15, 0.2) is 0 Å². The predicted molar refractivity (Wildman–Crippen MR) is 82.9 cm³/mol. The van der Waals surface area contributed by atoms with Crippen molar-refractivity contribution < 1.29 is 9.47 Å². The fraction of sp³-hybridized carbons (Fsp3) is 0.438. The molecule has 1 atom stereocenters. The standard InChI is InChI=1S/C16H23N3O2/c1-17-15(7-5-12-10-18-19(2)11-12)14-9-13(20-3)6-8-16(14)21-4/h6,8-11,15,17H,5,7H2,1-4H3. The van der Waals surface area contributed by atoms with Crippen LogP contribution >= 0.6 is 0 Å². The van der Waals surface area contributed by atoms with E-state index in [9.17, 15) is 0 Å². The van der Waals surface area contributed by atoms with E-state index < -0.39 is 0 Å². The first kappa shape index (κ1) is 15.4. The molecular weight excluding hydrogens is 266 g/mol. The monoisotopic (exact) mass is 289 g/mol. The summed E-state index contributed by atoms with van der Waals surface area (Å²) in [6.45, 7) is 0. The highest BCUT2D eigenvalue weighted by molar-refractivity contribution is 5.42. The van der Waals surface area contributed by atoms with Crippen molar-refractivity contribution in [1.29, 1.82) is 0 Å². The molecule has 0 aliphatic carbocycles. The van der Waals surface area contributed by atoms with E-state index in [0.717, 1.165) is 29.9 Å². The molecule has 1 aromatic heterocycles. The Morgan fingerprint density at radius 2 is 2.10 bits per heavy atom. The number of nitrogens with zero attached hydrogens (tertiary/aromatic N) is 2. The molecule has 0 aliphatic heterocycles. The Morgan fingerprint density at radius 1 is 1.29 bits per heavy atom. The molecule has 0 amide bonds. The molecule has 1 heterocycles. The van der Waals surface area contributed by atoms with Gasteiger partial charge in [-0.3, -0.25) is 4.68 Å². The maximum atomic E-state index is 5.47. The molecule has 21 heavy (non-hydrogen) atoms. The van der Waals surface area contributed by atoms with Gasteiger partial charge in [0, 0.05) is 24.8 Å². The lowest BCUT2D eigenvalue weighted by Crippen LogP contribution is -2.18. The van der Waals surface area contributed by atoms with Gasteiger partial charge >= 0.3 is 0 Å². The topological polar surface area (TPSA) is 48.3 Å². The maximum Gasteiger partial charge on any atom is 0.123 e. The normalized spacial score (nSPS) is 12.2. The third-order valence-corrected chi connectivity index (χ3v) is 3.64. The summed E-state index contributed by atoms with van der Waals surface area (Å²) in [5.41, 5.74) is 2.35. The van der Waals surface area contributed by atoms with Crippen LogP contribution in [0.5, 0.6) is 11.5 Å². The van der Waals surface area contributed by atoms with Gasteiger partial charge in [-0.15, -0.1) is 0 Å². The van der Waals surface area contributed by atoms with E-state index in [2.05, 4.69) is 16.6 Å². The fourth-order valence-electron chi connectivity index (χ4n) is 2.48. The Bertz CT molecular complexity index is 581. The van der Waals surface area contributed by atoms with Crippen molar-refractivity contribution in [3.8, 4) is 11.5 Å². The van der Waals surface area contributed by atoms with Crippen LogP contribution in [-0.4, -0.2) is 31.0 Å². The Balaban J connectivity index is 2.15. The molecule has 0 saturated carbocycles. The molecule has 5 nitrogen and oxygen atoms in total. The van der Waals surface area contributed by atoms with Crippen molar-refractivity contribution in [1.82, 2.24) is 15.1 Å². The second-order valence-electron chi connectivity index (χ2n) is 5.01. The summed E-state index contributed by atoms with van der Waals surface area (Å²) >= 11 is 0. The Hall–Kier alpha value is -2.01. The van der Waals surface area contributed by atoms with Crippen molar-refractivity contribution >= 4 is 0 Å². The van der Waals surface area contributed by atoms with E-state index in [0.29, 0.717) is 0 Å². The van der Waals surface area contributed by atoms with E-state index in [-0.39, 0.29) is 6.04 Å². The van der Waals surface area contributed by atoms with Gasteiger partial charge in [0.1, 0.15) is 11.5 Å². The number of rotatable bonds is 7. The van der Waals surface area contributed by atoms with Crippen LogP contribution < -0.4 is 14.8 Å². The van der Waals surface area contributed by atoms with Crippen LogP contribution in [0.3, 0.4) is 0 Å². The largest absolute Gasteiger partial charge is 0.497 e. The lowest BCUT2D eigenvalue weighted by molar-refractivity contribution is 0.389. The van der Waals surface area contributed by atoms with Gasteiger partial charge < -0.3 is 14.8 Å². The van der Waals surface area contributed by atoms with Gasteiger partial charge in [0.25, 0.3) is 0 Å². The van der Waals surface area contributed by atoms with Crippen LogP contribution in [0.2, 0.25) is 0 Å². The molecular formula is C16H23N3O2. The fourth-order valence-corrected chi connectivity index (χ4v) is 2.48. The summed E-state index contributed by atoms with van der Waals surface area (Å²) in [6.07, 6.45) is 5.89. The maximum absolute atomic E-state index is 5.47. The summed E-state index contributed by atoms with van der Waals surface area (Å²) in [4.78, 5) is 0. The van der Waals surface area contributed by atoms with Crippen LogP contribution in [0.15, 0.2) is 30.6 Å². The van der Waals surface area contributed by atoms with E-state index in [4.69, 9.17) is 9.47 Å². The number of hydrogen-bond acceptors (Lipinski definition) is 4.